The average molecular weight is 279 g/mol. The van der Waals surface area contributed by atoms with E-state index in [0.29, 0.717) is 0 Å². The minimum absolute atomic E-state index is 0.276. The molecular formula is C18H17NO2. The molecular weight excluding hydrogens is 262 g/mol. The molecule has 106 valence electrons. The Morgan fingerprint density at radius 3 is 2.14 bits per heavy atom. The molecule has 3 aromatic rings. The summed E-state index contributed by atoms with van der Waals surface area (Å²) < 4.78 is 5.25. The molecule has 3 aromatic carbocycles. The standard InChI is InChI=1S/C18H17NO2/c1-19(15-6-8-17(20)9-7-15)16-5-3-14-12-18(21-2)10-4-13(14)11-16/h3-12,20H,1-2H3. The molecule has 0 fully saturated rings. The van der Waals surface area contributed by atoms with E-state index < -0.39 is 0 Å². The van der Waals surface area contributed by atoms with Crippen LogP contribution in [0.15, 0.2) is 60.7 Å². The van der Waals surface area contributed by atoms with Crippen LogP contribution in [0, 0.1) is 0 Å². The Morgan fingerprint density at radius 1 is 0.810 bits per heavy atom. The lowest BCUT2D eigenvalue weighted by molar-refractivity contribution is 0.415. The molecule has 0 amide bonds. The largest absolute Gasteiger partial charge is 0.508 e. The molecule has 0 spiro atoms. The van der Waals surface area contributed by atoms with Crippen LogP contribution in [0.2, 0.25) is 0 Å². The highest BCUT2D eigenvalue weighted by Crippen LogP contribution is 2.29. The van der Waals surface area contributed by atoms with Crippen molar-refractivity contribution in [3.8, 4) is 11.5 Å². The zero-order valence-corrected chi connectivity index (χ0v) is 12.1. The fourth-order valence-electron chi connectivity index (χ4n) is 2.37. The fraction of sp³-hybridized carbons (Fsp3) is 0.111. The zero-order chi connectivity index (χ0) is 14.8. The van der Waals surface area contributed by atoms with E-state index in [2.05, 4.69) is 29.2 Å². The van der Waals surface area contributed by atoms with Gasteiger partial charge in [0.25, 0.3) is 0 Å². The third kappa shape index (κ3) is 2.63. The number of fused-ring (bicyclic) bond motifs is 1. The smallest absolute Gasteiger partial charge is 0.119 e. The molecule has 0 aliphatic carbocycles. The second-order valence-electron chi connectivity index (χ2n) is 4.97. The quantitative estimate of drug-likeness (QED) is 0.775. The van der Waals surface area contributed by atoms with Gasteiger partial charge in [0, 0.05) is 18.4 Å². The summed E-state index contributed by atoms with van der Waals surface area (Å²) in [6.07, 6.45) is 0. The second kappa shape index (κ2) is 5.37. The van der Waals surface area contributed by atoms with E-state index in [0.717, 1.165) is 22.5 Å². The fourth-order valence-corrected chi connectivity index (χ4v) is 2.37. The number of rotatable bonds is 3. The van der Waals surface area contributed by atoms with Crippen LogP contribution < -0.4 is 9.64 Å². The van der Waals surface area contributed by atoms with Gasteiger partial charge in [-0.1, -0.05) is 12.1 Å². The zero-order valence-electron chi connectivity index (χ0n) is 12.1. The summed E-state index contributed by atoms with van der Waals surface area (Å²) in [5.41, 5.74) is 2.12. The molecule has 3 rings (SSSR count). The molecule has 3 heteroatoms. The molecule has 0 bridgehead atoms. The summed E-state index contributed by atoms with van der Waals surface area (Å²) in [5, 5.41) is 11.7. The molecule has 0 heterocycles. The van der Waals surface area contributed by atoms with Gasteiger partial charge in [0.15, 0.2) is 0 Å². The van der Waals surface area contributed by atoms with Crippen LogP contribution in [-0.2, 0) is 0 Å². The maximum absolute atomic E-state index is 9.37. The van der Waals surface area contributed by atoms with Crippen molar-refractivity contribution in [1.82, 2.24) is 0 Å². The van der Waals surface area contributed by atoms with Gasteiger partial charge in [-0.05, 0) is 59.3 Å². The number of phenolic OH excluding ortho intramolecular Hbond substituents is 1. The first-order valence-corrected chi connectivity index (χ1v) is 6.78. The first-order chi connectivity index (χ1) is 10.2. The highest BCUT2D eigenvalue weighted by atomic mass is 16.5. The molecule has 0 unspecified atom stereocenters. The molecule has 3 nitrogen and oxygen atoms in total. The molecule has 0 aliphatic rings. The number of aromatic hydroxyl groups is 1. The molecule has 21 heavy (non-hydrogen) atoms. The van der Waals surface area contributed by atoms with Gasteiger partial charge in [0.2, 0.25) is 0 Å². The average Bonchev–Trinajstić information content (AvgIpc) is 2.54. The summed E-state index contributed by atoms with van der Waals surface area (Å²) >= 11 is 0. The second-order valence-corrected chi connectivity index (χ2v) is 4.97. The van der Waals surface area contributed by atoms with Crippen LogP contribution >= 0.6 is 0 Å². The predicted octanol–water partition coefficient (Wildman–Crippen LogP) is 4.32. The van der Waals surface area contributed by atoms with Crippen molar-refractivity contribution in [2.75, 3.05) is 19.1 Å². The Hall–Kier alpha value is -2.68. The van der Waals surface area contributed by atoms with Gasteiger partial charge in [-0.25, -0.2) is 0 Å². The maximum atomic E-state index is 9.37. The van der Waals surface area contributed by atoms with E-state index >= 15 is 0 Å². The van der Waals surface area contributed by atoms with Crippen LogP contribution in [0.3, 0.4) is 0 Å². The van der Waals surface area contributed by atoms with Crippen LogP contribution in [-0.4, -0.2) is 19.3 Å². The lowest BCUT2D eigenvalue weighted by atomic mass is 10.1. The lowest BCUT2D eigenvalue weighted by Gasteiger charge is -2.20. The Kier molecular flexibility index (Phi) is 3.40. The van der Waals surface area contributed by atoms with E-state index in [-0.39, 0.29) is 5.75 Å². The normalized spacial score (nSPS) is 10.6. The van der Waals surface area contributed by atoms with Crippen molar-refractivity contribution in [1.29, 1.82) is 0 Å². The van der Waals surface area contributed by atoms with Crippen molar-refractivity contribution >= 4 is 22.1 Å². The first-order valence-electron chi connectivity index (χ1n) is 6.78. The van der Waals surface area contributed by atoms with Gasteiger partial charge < -0.3 is 14.7 Å². The SMILES string of the molecule is COc1ccc2cc(N(C)c3ccc(O)cc3)ccc2c1. The molecule has 1 N–H and O–H groups in total. The number of nitrogens with zero attached hydrogens (tertiary/aromatic N) is 1. The molecule has 0 aliphatic heterocycles. The van der Waals surface area contributed by atoms with Gasteiger partial charge >= 0.3 is 0 Å². The van der Waals surface area contributed by atoms with E-state index in [4.69, 9.17) is 4.74 Å². The van der Waals surface area contributed by atoms with Crippen LogP contribution in [0.5, 0.6) is 11.5 Å². The number of ether oxygens (including phenoxy) is 1. The van der Waals surface area contributed by atoms with E-state index in [9.17, 15) is 5.11 Å². The summed E-state index contributed by atoms with van der Waals surface area (Å²) in [6, 6.07) is 19.5. The first kappa shape index (κ1) is 13.3. The minimum Gasteiger partial charge on any atom is -0.508 e. The highest BCUT2D eigenvalue weighted by Gasteiger charge is 2.05. The Labute approximate surface area is 124 Å². The monoisotopic (exact) mass is 279 g/mol. The van der Waals surface area contributed by atoms with Gasteiger partial charge in [-0.3, -0.25) is 0 Å². The van der Waals surface area contributed by atoms with Crippen molar-refractivity contribution in [2.45, 2.75) is 0 Å². The number of hydrogen-bond acceptors (Lipinski definition) is 3. The van der Waals surface area contributed by atoms with Crippen molar-refractivity contribution in [3.63, 3.8) is 0 Å². The van der Waals surface area contributed by atoms with E-state index in [1.54, 1.807) is 19.2 Å². The van der Waals surface area contributed by atoms with Gasteiger partial charge in [-0.15, -0.1) is 0 Å². The number of anilines is 2. The summed E-state index contributed by atoms with van der Waals surface area (Å²) in [6.45, 7) is 0. The Bertz CT molecular complexity index is 766. The lowest BCUT2D eigenvalue weighted by Crippen LogP contribution is -2.08. The molecule has 0 saturated carbocycles. The maximum Gasteiger partial charge on any atom is 0.119 e. The summed E-state index contributed by atoms with van der Waals surface area (Å²) in [4.78, 5) is 2.09. The predicted molar refractivity (Wildman–Crippen MR) is 86.7 cm³/mol. The van der Waals surface area contributed by atoms with Crippen LogP contribution in [0.1, 0.15) is 0 Å². The summed E-state index contributed by atoms with van der Waals surface area (Å²) in [7, 11) is 3.69. The number of benzene rings is 3. The topological polar surface area (TPSA) is 32.7 Å². The molecule has 0 saturated heterocycles. The molecule has 0 atom stereocenters. The van der Waals surface area contributed by atoms with Crippen LogP contribution in [0.25, 0.3) is 10.8 Å². The molecule has 0 radical (unpaired) electrons. The number of phenols is 1. The van der Waals surface area contributed by atoms with Crippen molar-refractivity contribution in [3.05, 3.63) is 60.7 Å². The van der Waals surface area contributed by atoms with Crippen LogP contribution in [0.4, 0.5) is 11.4 Å². The minimum atomic E-state index is 0.276. The van der Waals surface area contributed by atoms with Gasteiger partial charge in [0.1, 0.15) is 11.5 Å². The summed E-state index contributed by atoms with van der Waals surface area (Å²) in [5.74, 6) is 1.14. The number of methoxy groups -OCH3 is 1. The van der Waals surface area contributed by atoms with E-state index in [1.165, 1.54) is 5.39 Å². The third-order valence-electron chi connectivity index (χ3n) is 3.66. The number of hydrogen-bond donors (Lipinski definition) is 1. The van der Waals surface area contributed by atoms with Crippen molar-refractivity contribution < 1.29 is 9.84 Å². The Morgan fingerprint density at radius 2 is 1.43 bits per heavy atom. The highest BCUT2D eigenvalue weighted by molar-refractivity contribution is 5.88. The van der Waals surface area contributed by atoms with Crippen molar-refractivity contribution in [2.24, 2.45) is 0 Å². The van der Waals surface area contributed by atoms with E-state index in [1.807, 2.05) is 31.3 Å². The molecule has 0 aromatic heterocycles. The van der Waals surface area contributed by atoms with Gasteiger partial charge in [-0.2, -0.15) is 0 Å². The van der Waals surface area contributed by atoms with Gasteiger partial charge in [0.05, 0.1) is 7.11 Å². The third-order valence-corrected chi connectivity index (χ3v) is 3.66. The Balaban J connectivity index is 1.98.